The lowest BCUT2D eigenvalue weighted by Crippen LogP contribution is -2.49. The number of halogens is 3. The van der Waals surface area contributed by atoms with Gasteiger partial charge in [-0.1, -0.05) is 0 Å². The first kappa shape index (κ1) is 26.3. The van der Waals surface area contributed by atoms with E-state index in [9.17, 15) is 18.0 Å². The van der Waals surface area contributed by atoms with Crippen molar-refractivity contribution in [1.82, 2.24) is 15.1 Å². The molecule has 0 aliphatic carbocycles. The third kappa shape index (κ3) is 7.39. The van der Waals surface area contributed by atoms with Gasteiger partial charge < -0.3 is 19.7 Å². The van der Waals surface area contributed by atoms with Crippen LogP contribution < -0.4 is 19.7 Å². The van der Waals surface area contributed by atoms with Gasteiger partial charge >= 0.3 is 6.18 Å². The van der Waals surface area contributed by atoms with Crippen LogP contribution in [0.15, 0.2) is 48.5 Å². The highest BCUT2D eigenvalue weighted by Crippen LogP contribution is 2.24. The summed E-state index contributed by atoms with van der Waals surface area (Å²) in [4.78, 5) is 16.1. The average molecular weight is 518 g/mol. The summed E-state index contributed by atoms with van der Waals surface area (Å²) in [6.45, 7) is 0.803. The smallest absolute Gasteiger partial charge is 0.401 e. The molecule has 0 atom stereocenters. The summed E-state index contributed by atoms with van der Waals surface area (Å²) in [7, 11) is 3.22. The number of alkyl halides is 3. The predicted octanol–water partition coefficient (Wildman–Crippen LogP) is 4.15. The van der Waals surface area contributed by atoms with Crippen LogP contribution in [0.1, 0.15) is 21.6 Å². The zero-order valence-corrected chi connectivity index (χ0v) is 20.8. The molecule has 8 nitrogen and oxygen atoms in total. The van der Waals surface area contributed by atoms with Gasteiger partial charge in [-0.3, -0.25) is 14.8 Å². The Kier molecular flexibility index (Phi) is 8.22. The number of anilines is 2. The molecular weight excluding hydrogens is 487 g/mol. The summed E-state index contributed by atoms with van der Waals surface area (Å²) in [6.07, 6.45) is -2.80. The van der Waals surface area contributed by atoms with Crippen molar-refractivity contribution in [3.05, 3.63) is 65.4 Å². The van der Waals surface area contributed by atoms with Crippen molar-refractivity contribution in [3.8, 4) is 11.5 Å². The Bertz CT molecular complexity index is 1170. The SMILES string of the molecule is COc1cc(CCc2cc(NC(=O)c3ccc(N4CCN(CC(F)(F)F)CC4)cc3)[nH]n2)cc(OC)c1. The predicted molar refractivity (Wildman–Crippen MR) is 135 cm³/mol. The third-order valence-corrected chi connectivity index (χ3v) is 6.23. The van der Waals surface area contributed by atoms with E-state index in [1.165, 1.54) is 4.90 Å². The molecule has 1 fully saturated rings. The molecule has 0 saturated carbocycles. The van der Waals surface area contributed by atoms with Crippen molar-refractivity contribution >= 4 is 17.4 Å². The lowest BCUT2D eigenvalue weighted by Gasteiger charge is -2.36. The summed E-state index contributed by atoms with van der Waals surface area (Å²) in [6, 6.07) is 14.6. The van der Waals surface area contributed by atoms with Crippen LogP contribution in [0.2, 0.25) is 0 Å². The number of hydrogen-bond donors (Lipinski definition) is 2. The van der Waals surface area contributed by atoms with Gasteiger partial charge in [0.15, 0.2) is 0 Å². The van der Waals surface area contributed by atoms with E-state index in [-0.39, 0.29) is 5.91 Å². The molecular formula is C26H30F3N5O3. The standard InChI is InChI=1S/C26H30F3N5O3/c1-36-22-13-18(14-23(16-22)37-2)3-6-20-15-24(32-31-20)30-25(35)19-4-7-21(8-5-19)34-11-9-33(10-12-34)17-26(27,28)29/h4-5,7-8,13-16H,3,6,9-12,17H2,1-2H3,(H2,30,31,32,35). The number of nitrogens with zero attached hydrogens (tertiary/aromatic N) is 3. The van der Waals surface area contributed by atoms with Gasteiger partial charge in [0, 0.05) is 49.6 Å². The molecule has 1 aliphatic heterocycles. The number of piperazine rings is 1. The number of hydrogen-bond acceptors (Lipinski definition) is 6. The van der Waals surface area contributed by atoms with Gasteiger partial charge in [-0.05, 0) is 54.8 Å². The molecule has 2 N–H and O–H groups in total. The van der Waals surface area contributed by atoms with Crippen LogP contribution in [0.25, 0.3) is 0 Å². The van der Waals surface area contributed by atoms with Crippen molar-refractivity contribution in [1.29, 1.82) is 0 Å². The number of nitrogens with one attached hydrogen (secondary N) is 2. The Morgan fingerprint density at radius 2 is 1.62 bits per heavy atom. The molecule has 0 spiro atoms. The molecule has 4 rings (SSSR count). The van der Waals surface area contributed by atoms with E-state index in [0.29, 0.717) is 44.0 Å². The Morgan fingerprint density at radius 1 is 0.973 bits per heavy atom. The molecule has 0 unspecified atom stereocenters. The topological polar surface area (TPSA) is 82.7 Å². The van der Waals surface area contributed by atoms with Crippen molar-refractivity contribution in [2.24, 2.45) is 0 Å². The van der Waals surface area contributed by atoms with Crippen molar-refractivity contribution < 1.29 is 27.4 Å². The number of rotatable bonds is 9. The maximum absolute atomic E-state index is 12.7. The minimum absolute atomic E-state index is 0.283. The van der Waals surface area contributed by atoms with E-state index in [1.54, 1.807) is 32.4 Å². The molecule has 198 valence electrons. The highest BCUT2D eigenvalue weighted by molar-refractivity contribution is 6.03. The number of ether oxygens (including phenoxy) is 2. The molecule has 0 radical (unpaired) electrons. The number of aromatic amines is 1. The molecule has 1 amide bonds. The monoisotopic (exact) mass is 517 g/mol. The maximum atomic E-state index is 12.7. The zero-order chi connectivity index (χ0) is 26.4. The average Bonchev–Trinajstić information content (AvgIpc) is 3.34. The Morgan fingerprint density at radius 3 is 2.22 bits per heavy atom. The van der Waals surface area contributed by atoms with Crippen LogP contribution in [-0.2, 0) is 12.8 Å². The maximum Gasteiger partial charge on any atom is 0.401 e. The quantitative estimate of drug-likeness (QED) is 0.444. The second kappa shape index (κ2) is 11.5. The lowest BCUT2D eigenvalue weighted by atomic mass is 10.1. The van der Waals surface area contributed by atoms with Crippen LogP contribution in [-0.4, -0.2) is 74.1 Å². The minimum atomic E-state index is -4.18. The van der Waals surface area contributed by atoms with Crippen LogP contribution in [0.5, 0.6) is 11.5 Å². The summed E-state index contributed by atoms with van der Waals surface area (Å²) < 4.78 is 48.4. The largest absolute Gasteiger partial charge is 0.497 e. The van der Waals surface area contributed by atoms with Crippen LogP contribution in [0.4, 0.5) is 24.7 Å². The first-order valence-electron chi connectivity index (χ1n) is 11.9. The second-order valence-electron chi connectivity index (χ2n) is 8.87. The van der Waals surface area contributed by atoms with Gasteiger partial charge in [-0.15, -0.1) is 0 Å². The van der Waals surface area contributed by atoms with Gasteiger partial charge in [-0.2, -0.15) is 18.3 Å². The van der Waals surface area contributed by atoms with Crippen LogP contribution in [0, 0.1) is 0 Å². The normalized spacial score (nSPS) is 14.5. The zero-order valence-electron chi connectivity index (χ0n) is 20.8. The van der Waals surface area contributed by atoms with Crippen molar-refractivity contribution in [2.75, 3.05) is 57.2 Å². The first-order chi connectivity index (χ1) is 17.7. The van der Waals surface area contributed by atoms with Gasteiger partial charge in [0.2, 0.25) is 0 Å². The minimum Gasteiger partial charge on any atom is -0.497 e. The van der Waals surface area contributed by atoms with Gasteiger partial charge in [0.25, 0.3) is 5.91 Å². The van der Waals surface area contributed by atoms with E-state index < -0.39 is 12.7 Å². The molecule has 0 bridgehead atoms. The number of amides is 1. The number of methoxy groups -OCH3 is 2. The fraction of sp³-hybridized carbons (Fsp3) is 0.385. The van der Waals surface area contributed by atoms with E-state index >= 15 is 0 Å². The van der Waals surface area contributed by atoms with Crippen LogP contribution >= 0.6 is 0 Å². The molecule has 2 aromatic carbocycles. The molecule has 1 aromatic heterocycles. The van der Waals surface area contributed by atoms with Crippen molar-refractivity contribution in [2.45, 2.75) is 19.0 Å². The number of aromatic nitrogens is 2. The summed E-state index contributed by atoms with van der Waals surface area (Å²) in [5.41, 5.74) is 3.20. The van der Waals surface area contributed by atoms with Crippen LogP contribution in [0.3, 0.4) is 0 Å². The molecule has 37 heavy (non-hydrogen) atoms. The van der Waals surface area contributed by atoms with E-state index in [4.69, 9.17) is 9.47 Å². The van der Waals surface area contributed by atoms with Gasteiger partial charge in [-0.25, -0.2) is 0 Å². The molecule has 1 aliphatic rings. The fourth-order valence-corrected chi connectivity index (χ4v) is 4.27. The number of H-pyrrole nitrogens is 1. The summed E-state index contributed by atoms with van der Waals surface area (Å²) in [5, 5.41) is 9.95. The summed E-state index contributed by atoms with van der Waals surface area (Å²) >= 11 is 0. The Balaban J connectivity index is 1.28. The van der Waals surface area contributed by atoms with E-state index in [2.05, 4.69) is 15.5 Å². The highest BCUT2D eigenvalue weighted by Gasteiger charge is 2.32. The summed E-state index contributed by atoms with van der Waals surface area (Å²) in [5.74, 6) is 1.65. The number of carbonyl (C=O) groups is 1. The first-order valence-corrected chi connectivity index (χ1v) is 11.9. The molecule has 1 saturated heterocycles. The number of aryl methyl sites for hydroxylation is 2. The second-order valence-corrected chi connectivity index (χ2v) is 8.87. The Labute approximate surface area is 213 Å². The molecule has 2 heterocycles. The molecule has 11 heteroatoms. The van der Waals surface area contributed by atoms with E-state index in [1.807, 2.05) is 35.2 Å². The highest BCUT2D eigenvalue weighted by atomic mass is 19.4. The van der Waals surface area contributed by atoms with Crippen molar-refractivity contribution in [3.63, 3.8) is 0 Å². The Hall–Kier alpha value is -3.73. The third-order valence-electron chi connectivity index (χ3n) is 6.23. The number of benzene rings is 2. The van der Waals surface area contributed by atoms with Gasteiger partial charge in [0.05, 0.1) is 26.5 Å². The molecule has 3 aromatic rings. The van der Waals surface area contributed by atoms with Gasteiger partial charge in [0.1, 0.15) is 17.3 Å². The van der Waals surface area contributed by atoms with E-state index in [0.717, 1.165) is 34.9 Å². The fourth-order valence-electron chi connectivity index (χ4n) is 4.27. The lowest BCUT2D eigenvalue weighted by molar-refractivity contribution is -0.146. The number of carbonyl (C=O) groups excluding carboxylic acids is 1.